The summed E-state index contributed by atoms with van der Waals surface area (Å²) >= 11 is 6.37. The monoisotopic (exact) mass is 497 g/mol. The largest absolute Gasteiger partial charge is 0.337 e. The number of nitrogens with zero attached hydrogens (tertiary/aromatic N) is 5. The van der Waals surface area contributed by atoms with E-state index in [9.17, 15) is 13.2 Å². The SMILES string of the molecule is O=C(c1cc(S(=O)(=O)N2CCCc3ccccc32)ccc1Cl)N1CCN(c2ncccn2)CC1. The smallest absolute Gasteiger partial charge is 0.264 e. The van der Waals surface area contributed by atoms with E-state index < -0.39 is 10.0 Å². The number of carbonyl (C=O) groups is 1. The molecule has 0 N–H and O–H groups in total. The molecule has 176 valence electrons. The van der Waals surface area contributed by atoms with Gasteiger partial charge in [-0.3, -0.25) is 9.10 Å². The topological polar surface area (TPSA) is 86.7 Å². The summed E-state index contributed by atoms with van der Waals surface area (Å²) < 4.78 is 28.5. The van der Waals surface area contributed by atoms with Crippen LogP contribution < -0.4 is 9.21 Å². The molecule has 2 aliphatic heterocycles. The van der Waals surface area contributed by atoms with Crippen molar-refractivity contribution in [1.82, 2.24) is 14.9 Å². The molecule has 1 aromatic heterocycles. The summed E-state index contributed by atoms with van der Waals surface area (Å²) in [5.41, 5.74) is 1.89. The predicted octanol–water partition coefficient (Wildman–Crippen LogP) is 3.23. The fourth-order valence-corrected chi connectivity index (χ4v) is 6.21. The summed E-state index contributed by atoms with van der Waals surface area (Å²) in [5, 5.41) is 0.233. The molecule has 0 atom stereocenters. The lowest BCUT2D eigenvalue weighted by atomic mass is 10.0. The Bertz CT molecular complexity index is 1310. The molecule has 0 saturated carbocycles. The average Bonchev–Trinajstić information content (AvgIpc) is 2.88. The van der Waals surface area contributed by atoms with Crippen LogP contribution in [0, 0.1) is 0 Å². The van der Waals surface area contributed by atoms with Crippen LogP contribution in [0.4, 0.5) is 11.6 Å². The second-order valence-corrected chi connectivity index (χ2v) is 10.5. The van der Waals surface area contributed by atoms with E-state index in [1.54, 1.807) is 23.4 Å². The van der Waals surface area contributed by atoms with E-state index in [1.807, 2.05) is 29.2 Å². The third-order valence-electron chi connectivity index (χ3n) is 6.23. The van der Waals surface area contributed by atoms with Gasteiger partial charge < -0.3 is 9.80 Å². The summed E-state index contributed by atoms with van der Waals surface area (Å²) in [4.78, 5) is 25.6. The molecule has 0 aliphatic carbocycles. The molecule has 1 amide bonds. The highest BCUT2D eigenvalue weighted by atomic mass is 35.5. The average molecular weight is 498 g/mol. The van der Waals surface area contributed by atoms with Crippen LogP contribution in [-0.2, 0) is 16.4 Å². The van der Waals surface area contributed by atoms with E-state index in [-0.39, 0.29) is 21.4 Å². The van der Waals surface area contributed by atoms with Crippen molar-refractivity contribution in [1.29, 1.82) is 0 Å². The first-order valence-corrected chi connectivity index (χ1v) is 13.0. The molecule has 3 heterocycles. The minimum Gasteiger partial charge on any atom is -0.337 e. The number of amides is 1. The van der Waals surface area contributed by atoms with Crippen LogP contribution in [0.15, 0.2) is 65.8 Å². The van der Waals surface area contributed by atoms with E-state index >= 15 is 0 Å². The van der Waals surface area contributed by atoms with Gasteiger partial charge in [-0.05, 0) is 48.7 Å². The Labute approximate surface area is 203 Å². The van der Waals surface area contributed by atoms with Gasteiger partial charge in [0.15, 0.2) is 0 Å². The van der Waals surface area contributed by atoms with Crippen molar-refractivity contribution in [3.63, 3.8) is 0 Å². The van der Waals surface area contributed by atoms with Crippen molar-refractivity contribution in [2.24, 2.45) is 0 Å². The Balaban J connectivity index is 1.38. The fraction of sp³-hybridized carbons (Fsp3) is 0.292. The van der Waals surface area contributed by atoms with E-state index in [0.717, 1.165) is 18.4 Å². The number of piperazine rings is 1. The van der Waals surface area contributed by atoms with Crippen LogP contribution in [-0.4, -0.2) is 61.9 Å². The van der Waals surface area contributed by atoms with Gasteiger partial charge in [0.05, 0.1) is 21.2 Å². The molecule has 0 spiro atoms. The highest BCUT2D eigenvalue weighted by Crippen LogP contribution is 2.33. The third-order valence-corrected chi connectivity index (χ3v) is 8.36. The standard InChI is InChI=1S/C24H24ClN5O3S/c25-21-9-8-19(34(32,33)30-12-3-6-18-5-1-2-7-22(18)30)17-20(21)23(31)28-13-15-29(16-14-28)24-26-10-4-11-27-24/h1-2,4-5,7-11,17H,3,6,12-16H2. The molecule has 1 fully saturated rings. The van der Waals surface area contributed by atoms with Crippen molar-refractivity contribution in [2.45, 2.75) is 17.7 Å². The number of hydrogen-bond acceptors (Lipinski definition) is 6. The zero-order valence-electron chi connectivity index (χ0n) is 18.5. The molecule has 34 heavy (non-hydrogen) atoms. The second-order valence-electron chi connectivity index (χ2n) is 8.28. The molecule has 0 radical (unpaired) electrons. The van der Waals surface area contributed by atoms with Crippen LogP contribution in [0.2, 0.25) is 5.02 Å². The molecule has 0 unspecified atom stereocenters. The van der Waals surface area contributed by atoms with Gasteiger partial charge in [0.2, 0.25) is 5.95 Å². The lowest BCUT2D eigenvalue weighted by molar-refractivity contribution is 0.0746. The molecular weight excluding hydrogens is 474 g/mol. The second kappa shape index (κ2) is 9.23. The summed E-state index contributed by atoms with van der Waals surface area (Å²) in [6, 6.07) is 13.7. The van der Waals surface area contributed by atoms with Crippen LogP contribution in [0.5, 0.6) is 0 Å². The highest BCUT2D eigenvalue weighted by Gasteiger charge is 2.31. The number of halogens is 1. The molecular formula is C24H24ClN5O3S. The van der Waals surface area contributed by atoms with Crippen molar-refractivity contribution in [3.05, 3.63) is 77.1 Å². The van der Waals surface area contributed by atoms with Crippen molar-refractivity contribution in [3.8, 4) is 0 Å². The van der Waals surface area contributed by atoms with Crippen molar-refractivity contribution in [2.75, 3.05) is 41.9 Å². The molecule has 0 bridgehead atoms. The molecule has 5 rings (SSSR count). The quantitative estimate of drug-likeness (QED) is 0.550. The number of aryl methyl sites for hydroxylation is 1. The molecule has 10 heteroatoms. The summed E-state index contributed by atoms with van der Waals surface area (Å²) in [7, 11) is -3.84. The Morgan fingerprint density at radius 1 is 0.912 bits per heavy atom. The van der Waals surface area contributed by atoms with Crippen molar-refractivity contribution < 1.29 is 13.2 Å². The normalized spacial score (nSPS) is 16.3. The number of hydrogen-bond donors (Lipinski definition) is 0. The Hall–Kier alpha value is -3.17. The van der Waals surface area contributed by atoms with Gasteiger partial charge in [-0.1, -0.05) is 29.8 Å². The van der Waals surface area contributed by atoms with Gasteiger partial charge in [0, 0.05) is 45.1 Å². The number of carbonyl (C=O) groups excluding carboxylic acids is 1. The van der Waals surface area contributed by atoms with E-state index in [4.69, 9.17) is 11.6 Å². The fourth-order valence-electron chi connectivity index (χ4n) is 4.44. The number of anilines is 2. The highest BCUT2D eigenvalue weighted by molar-refractivity contribution is 7.92. The maximum absolute atomic E-state index is 13.5. The van der Waals surface area contributed by atoms with Gasteiger partial charge in [0.25, 0.3) is 15.9 Å². The van der Waals surface area contributed by atoms with Gasteiger partial charge in [0.1, 0.15) is 0 Å². The third kappa shape index (κ3) is 4.21. The zero-order chi connectivity index (χ0) is 23.7. The lowest BCUT2D eigenvalue weighted by Crippen LogP contribution is -2.49. The first kappa shape index (κ1) is 22.6. The van der Waals surface area contributed by atoms with E-state index in [1.165, 1.54) is 22.5 Å². The maximum atomic E-state index is 13.5. The number of fused-ring (bicyclic) bond motifs is 1. The van der Waals surface area contributed by atoms with Crippen LogP contribution in [0.1, 0.15) is 22.3 Å². The van der Waals surface area contributed by atoms with E-state index in [0.29, 0.717) is 44.4 Å². The summed E-state index contributed by atoms with van der Waals surface area (Å²) in [6.07, 6.45) is 4.95. The first-order chi connectivity index (χ1) is 16.4. The number of sulfonamides is 1. The zero-order valence-corrected chi connectivity index (χ0v) is 20.0. The van der Waals surface area contributed by atoms with Gasteiger partial charge >= 0.3 is 0 Å². The van der Waals surface area contributed by atoms with Crippen LogP contribution in [0.3, 0.4) is 0 Å². The summed E-state index contributed by atoms with van der Waals surface area (Å²) in [5.74, 6) is 0.345. The van der Waals surface area contributed by atoms with E-state index in [2.05, 4.69) is 9.97 Å². The molecule has 3 aromatic rings. The molecule has 8 nitrogen and oxygen atoms in total. The number of benzene rings is 2. The molecule has 2 aromatic carbocycles. The lowest BCUT2D eigenvalue weighted by Gasteiger charge is -2.35. The first-order valence-electron chi connectivity index (χ1n) is 11.2. The molecule has 1 saturated heterocycles. The van der Waals surface area contributed by atoms with Crippen molar-refractivity contribution >= 4 is 39.2 Å². The van der Waals surface area contributed by atoms with Gasteiger partial charge in [-0.15, -0.1) is 0 Å². The number of rotatable bonds is 4. The Kier molecular flexibility index (Phi) is 6.14. The minimum atomic E-state index is -3.84. The molecule has 2 aliphatic rings. The predicted molar refractivity (Wildman–Crippen MR) is 131 cm³/mol. The number of aromatic nitrogens is 2. The summed E-state index contributed by atoms with van der Waals surface area (Å²) in [6.45, 7) is 2.48. The Morgan fingerprint density at radius 3 is 2.41 bits per heavy atom. The maximum Gasteiger partial charge on any atom is 0.264 e. The number of para-hydroxylation sites is 1. The van der Waals surface area contributed by atoms with Crippen LogP contribution in [0.25, 0.3) is 0 Å². The Morgan fingerprint density at radius 2 is 1.65 bits per heavy atom. The minimum absolute atomic E-state index is 0.0632. The van der Waals surface area contributed by atoms with Gasteiger partial charge in [-0.2, -0.15) is 0 Å². The van der Waals surface area contributed by atoms with Crippen LogP contribution >= 0.6 is 11.6 Å². The van der Waals surface area contributed by atoms with Gasteiger partial charge in [-0.25, -0.2) is 18.4 Å².